The monoisotopic (exact) mass is 273 g/mol. The second-order valence-corrected chi connectivity index (χ2v) is 4.50. The van der Waals surface area contributed by atoms with Crippen molar-refractivity contribution >= 4 is 17.2 Å². The second kappa shape index (κ2) is 7.89. The van der Waals surface area contributed by atoms with Gasteiger partial charge in [0.1, 0.15) is 13.1 Å². The first-order chi connectivity index (χ1) is 9.22. The average Bonchev–Trinajstić information content (AvgIpc) is 2.87. The molecule has 0 aliphatic rings. The third-order valence-electron chi connectivity index (χ3n) is 2.08. The molecule has 1 heterocycles. The summed E-state index contributed by atoms with van der Waals surface area (Å²) in [6.07, 6.45) is 0.385. The lowest BCUT2D eigenvalue weighted by atomic mass is 10.3. The zero-order chi connectivity index (χ0) is 14.1. The Morgan fingerprint density at radius 2 is 2.00 bits per heavy atom. The molecule has 0 spiro atoms. The third-order valence-corrected chi connectivity index (χ3v) is 3.06. The first-order valence-electron chi connectivity index (χ1n) is 5.45. The molecule has 96 valence electrons. The van der Waals surface area contributed by atoms with Gasteiger partial charge in [-0.15, -0.1) is 11.3 Å². The highest BCUT2D eigenvalue weighted by molar-refractivity contribution is 7.14. The molecule has 1 N–H and O–H groups in total. The summed E-state index contributed by atoms with van der Waals surface area (Å²) in [5.74, 6) is 5.25. The molecule has 1 amide bonds. The molecule has 0 fully saturated rings. The van der Waals surface area contributed by atoms with Crippen molar-refractivity contribution in [3.63, 3.8) is 0 Å². The minimum absolute atomic E-state index is 0.00226. The van der Waals surface area contributed by atoms with Crippen LogP contribution in [0.25, 0.3) is 0 Å². The van der Waals surface area contributed by atoms with Crippen LogP contribution < -0.4 is 0 Å². The van der Waals surface area contributed by atoms with E-state index in [0.717, 1.165) is 0 Å². The molecular weight excluding hydrogens is 262 g/mol. The number of hydrogen-bond acceptors (Lipinski definition) is 5. The van der Waals surface area contributed by atoms with Crippen LogP contribution in [-0.2, 0) is 0 Å². The van der Waals surface area contributed by atoms with E-state index in [1.54, 1.807) is 12.1 Å². The van der Waals surface area contributed by atoms with Gasteiger partial charge in [0, 0.05) is 6.42 Å². The predicted molar refractivity (Wildman–Crippen MR) is 70.0 cm³/mol. The van der Waals surface area contributed by atoms with Crippen LogP contribution in [0.1, 0.15) is 21.0 Å². The minimum atomic E-state index is -0.344. The molecule has 0 aromatic carbocycles. The molecule has 0 bridgehead atoms. The topological polar surface area (TPSA) is 88.1 Å². The average molecular weight is 273 g/mol. The predicted octanol–water partition coefficient (Wildman–Crippen LogP) is 0.971. The van der Waals surface area contributed by atoms with Crippen LogP contribution in [0, 0.1) is 34.5 Å². The summed E-state index contributed by atoms with van der Waals surface area (Å²) in [5.41, 5.74) is 0. The molecule has 5 nitrogen and oxygen atoms in total. The maximum atomic E-state index is 12.0. The summed E-state index contributed by atoms with van der Waals surface area (Å²) in [6, 6.07) is 7.04. The Morgan fingerprint density at radius 3 is 2.58 bits per heavy atom. The smallest absolute Gasteiger partial charge is 0.265 e. The van der Waals surface area contributed by atoms with Crippen molar-refractivity contribution in [2.24, 2.45) is 0 Å². The number of carbonyl (C=O) groups excluding carboxylic acids is 1. The molecule has 1 rings (SSSR count). The largest absolute Gasteiger partial charge is 0.395 e. The highest BCUT2D eigenvalue weighted by Gasteiger charge is 2.16. The molecule has 19 heavy (non-hydrogen) atoms. The molecular formula is C13H11N3O2S. The quantitative estimate of drug-likeness (QED) is 0.654. The number of thiophene rings is 1. The summed E-state index contributed by atoms with van der Waals surface area (Å²) in [6.45, 7) is -0.228. The highest BCUT2D eigenvalue weighted by Crippen LogP contribution is 2.17. The van der Waals surface area contributed by atoms with Gasteiger partial charge in [-0.2, -0.15) is 10.5 Å². The standard InChI is InChI=1S/C13H11N3O2S/c14-6-8-16(9-7-15)13(18)12-5-4-11(19-12)3-1-2-10-17/h4-5,17H,2,8-10H2. The fourth-order valence-electron chi connectivity index (χ4n) is 1.25. The Bertz CT molecular complexity index is 568. The lowest BCUT2D eigenvalue weighted by molar-refractivity contribution is 0.0799. The number of nitrogens with zero attached hydrogens (tertiary/aromatic N) is 3. The zero-order valence-corrected chi connectivity index (χ0v) is 10.9. The summed E-state index contributed by atoms with van der Waals surface area (Å²) >= 11 is 1.21. The van der Waals surface area contributed by atoms with E-state index < -0.39 is 0 Å². The molecule has 0 unspecified atom stereocenters. The molecule has 0 aliphatic heterocycles. The first-order valence-corrected chi connectivity index (χ1v) is 6.27. The van der Waals surface area contributed by atoms with Gasteiger partial charge in [0.25, 0.3) is 5.91 Å². The number of nitriles is 2. The van der Waals surface area contributed by atoms with E-state index in [2.05, 4.69) is 11.8 Å². The van der Waals surface area contributed by atoms with Crippen molar-refractivity contribution in [3.8, 4) is 24.0 Å². The number of aliphatic hydroxyl groups excluding tert-OH is 1. The fraction of sp³-hybridized carbons (Fsp3) is 0.308. The van der Waals surface area contributed by atoms with E-state index in [1.807, 2.05) is 12.1 Å². The molecule has 1 aromatic rings. The normalized spacial score (nSPS) is 8.79. The van der Waals surface area contributed by atoms with Gasteiger partial charge in [-0.1, -0.05) is 11.8 Å². The molecule has 0 saturated heterocycles. The van der Waals surface area contributed by atoms with Gasteiger partial charge in [0.2, 0.25) is 0 Å². The van der Waals surface area contributed by atoms with E-state index in [4.69, 9.17) is 15.6 Å². The number of hydrogen-bond donors (Lipinski definition) is 1. The van der Waals surface area contributed by atoms with Gasteiger partial charge in [-0.25, -0.2) is 0 Å². The first kappa shape index (κ1) is 14.7. The molecule has 0 radical (unpaired) electrons. The van der Waals surface area contributed by atoms with Crippen molar-refractivity contribution in [2.45, 2.75) is 6.42 Å². The van der Waals surface area contributed by atoms with E-state index in [-0.39, 0.29) is 25.6 Å². The van der Waals surface area contributed by atoms with Gasteiger partial charge < -0.3 is 10.0 Å². The van der Waals surface area contributed by atoms with Crippen molar-refractivity contribution in [2.75, 3.05) is 19.7 Å². The Balaban J connectivity index is 2.81. The van der Waals surface area contributed by atoms with Gasteiger partial charge >= 0.3 is 0 Å². The second-order valence-electron chi connectivity index (χ2n) is 3.42. The highest BCUT2D eigenvalue weighted by atomic mass is 32.1. The maximum absolute atomic E-state index is 12.0. The molecule has 1 aromatic heterocycles. The number of aliphatic hydroxyl groups is 1. The summed E-state index contributed by atoms with van der Waals surface area (Å²) in [5, 5.41) is 25.8. The Labute approximate surface area is 115 Å². The number of amides is 1. The Hall–Kier alpha value is -2.33. The Kier molecular flexibility index (Phi) is 6.12. The Morgan fingerprint density at radius 1 is 1.32 bits per heavy atom. The van der Waals surface area contributed by atoms with Gasteiger partial charge in [0.15, 0.2) is 0 Å². The van der Waals surface area contributed by atoms with Crippen molar-refractivity contribution in [1.82, 2.24) is 4.90 Å². The molecule has 0 saturated carbocycles. The van der Waals surface area contributed by atoms with Gasteiger partial charge in [0.05, 0.1) is 28.5 Å². The van der Waals surface area contributed by atoms with Crippen LogP contribution in [0.3, 0.4) is 0 Å². The third kappa shape index (κ3) is 4.44. The maximum Gasteiger partial charge on any atom is 0.265 e. The van der Waals surface area contributed by atoms with E-state index in [0.29, 0.717) is 16.2 Å². The van der Waals surface area contributed by atoms with Gasteiger partial charge in [-0.3, -0.25) is 4.79 Å². The molecule has 0 aliphatic carbocycles. The van der Waals surface area contributed by atoms with Crippen molar-refractivity contribution in [1.29, 1.82) is 10.5 Å². The van der Waals surface area contributed by atoms with Gasteiger partial charge in [-0.05, 0) is 12.1 Å². The van der Waals surface area contributed by atoms with Crippen LogP contribution in [0.2, 0.25) is 0 Å². The van der Waals surface area contributed by atoms with Crippen LogP contribution in [0.4, 0.5) is 0 Å². The van der Waals surface area contributed by atoms with E-state index in [1.165, 1.54) is 16.2 Å². The van der Waals surface area contributed by atoms with Crippen LogP contribution in [0.5, 0.6) is 0 Å². The molecule has 0 atom stereocenters. The lowest BCUT2D eigenvalue weighted by Gasteiger charge is -2.13. The number of carbonyl (C=O) groups is 1. The van der Waals surface area contributed by atoms with Crippen LogP contribution in [0.15, 0.2) is 12.1 Å². The van der Waals surface area contributed by atoms with E-state index in [9.17, 15) is 4.79 Å². The SMILES string of the molecule is N#CCN(CC#N)C(=O)c1ccc(C#CCCO)s1. The van der Waals surface area contributed by atoms with Crippen LogP contribution >= 0.6 is 11.3 Å². The summed E-state index contributed by atoms with van der Waals surface area (Å²) in [4.78, 5) is 14.3. The van der Waals surface area contributed by atoms with Crippen LogP contribution in [-0.4, -0.2) is 35.6 Å². The zero-order valence-electron chi connectivity index (χ0n) is 10.1. The summed E-state index contributed by atoms with van der Waals surface area (Å²) < 4.78 is 0. The van der Waals surface area contributed by atoms with E-state index >= 15 is 0 Å². The fourth-order valence-corrected chi connectivity index (χ4v) is 2.10. The van der Waals surface area contributed by atoms with Crippen molar-refractivity contribution in [3.05, 3.63) is 21.9 Å². The van der Waals surface area contributed by atoms with Crippen molar-refractivity contribution < 1.29 is 9.90 Å². The summed E-state index contributed by atoms with van der Waals surface area (Å²) in [7, 11) is 0. The number of rotatable bonds is 4. The minimum Gasteiger partial charge on any atom is -0.395 e. The lowest BCUT2D eigenvalue weighted by Crippen LogP contribution is -2.31. The molecule has 6 heteroatoms.